The Balaban J connectivity index is 2.03. The Kier molecular flexibility index (Phi) is 0.809. The van der Waals surface area contributed by atoms with E-state index in [9.17, 15) is 4.79 Å². The predicted molar refractivity (Wildman–Crippen MR) is 41.0 cm³/mol. The van der Waals surface area contributed by atoms with Gasteiger partial charge in [0.05, 0.1) is 0 Å². The van der Waals surface area contributed by atoms with E-state index in [1.165, 1.54) is 12.8 Å². The summed E-state index contributed by atoms with van der Waals surface area (Å²) in [6.07, 6.45) is 4.55. The van der Waals surface area contributed by atoms with Crippen LogP contribution in [0.2, 0.25) is 0 Å². The average molecular weight is 151 g/mol. The first kappa shape index (κ1) is 6.04. The second kappa shape index (κ2) is 1.47. The van der Waals surface area contributed by atoms with Gasteiger partial charge in [0, 0.05) is 18.0 Å². The smallest absolute Gasteiger partial charge is 0.223 e. The Hall–Kier alpha value is -0.530. The summed E-state index contributed by atoms with van der Waals surface area (Å²) < 4.78 is 0. The maximum Gasteiger partial charge on any atom is 0.223 e. The van der Waals surface area contributed by atoms with Gasteiger partial charge in [-0.15, -0.1) is 0 Å². The summed E-state index contributed by atoms with van der Waals surface area (Å²) in [6.45, 7) is 2.19. The summed E-state index contributed by atoms with van der Waals surface area (Å²) in [5.41, 5.74) is 0.399. The van der Waals surface area contributed by atoms with Gasteiger partial charge in [0.1, 0.15) is 0 Å². The van der Waals surface area contributed by atoms with E-state index in [1.807, 2.05) is 0 Å². The van der Waals surface area contributed by atoms with Crippen molar-refractivity contribution in [3.63, 3.8) is 0 Å². The second-order valence-electron chi connectivity index (χ2n) is 4.35. The normalized spacial score (nSPS) is 52.8. The highest BCUT2D eigenvalue weighted by atomic mass is 16.2. The summed E-state index contributed by atoms with van der Waals surface area (Å²) in [6, 6.07) is 0.545. The highest BCUT2D eigenvalue weighted by molar-refractivity contribution is 5.81. The van der Waals surface area contributed by atoms with Crippen molar-refractivity contribution in [1.82, 2.24) is 4.90 Å². The van der Waals surface area contributed by atoms with Gasteiger partial charge in [-0.3, -0.25) is 4.79 Å². The molecule has 11 heavy (non-hydrogen) atoms. The van der Waals surface area contributed by atoms with Gasteiger partial charge in [-0.1, -0.05) is 0 Å². The molecule has 2 aliphatic heterocycles. The monoisotopic (exact) mass is 151 g/mol. The quantitative estimate of drug-likeness (QED) is 0.508. The number of carbonyl (C=O) groups excluding carboxylic acids is 1. The van der Waals surface area contributed by atoms with Crippen molar-refractivity contribution in [3.05, 3.63) is 0 Å². The molecule has 3 fully saturated rings. The molecule has 0 aromatic carbocycles. The molecule has 1 aliphatic carbocycles. The zero-order chi connectivity index (χ0) is 7.64. The van der Waals surface area contributed by atoms with Gasteiger partial charge in [0.2, 0.25) is 5.91 Å². The van der Waals surface area contributed by atoms with Gasteiger partial charge in [0.25, 0.3) is 0 Å². The Morgan fingerprint density at radius 1 is 1.64 bits per heavy atom. The van der Waals surface area contributed by atoms with Crippen molar-refractivity contribution in [3.8, 4) is 0 Å². The first-order chi connectivity index (χ1) is 5.24. The van der Waals surface area contributed by atoms with Gasteiger partial charge in [0.15, 0.2) is 0 Å². The molecular weight excluding hydrogens is 138 g/mol. The third-order valence-electron chi connectivity index (χ3n) is 3.79. The number of hydrogen-bond acceptors (Lipinski definition) is 1. The zero-order valence-corrected chi connectivity index (χ0v) is 6.84. The highest BCUT2D eigenvalue weighted by Crippen LogP contribution is 2.63. The van der Waals surface area contributed by atoms with E-state index >= 15 is 0 Å². The lowest BCUT2D eigenvalue weighted by Crippen LogP contribution is -2.37. The fourth-order valence-corrected chi connectivity index (χ4v) is 3.29. The van der Waals surface area contributed by atoms with E-state index in [0.29, 0.717) is 17.5 Å². The molecule has 1 saturated carbocycles. The lowest BCUT2D eigenvalue weighted by Gasteiger charge is -2.25. The number of rotatable bonds is 0. The molecule has 1 spiro atoms. The largest absolute Gasteiger partial charge is 0.334 e. The molecule has 60 valence electrons. The summed E-state index contributed by atoms with van der Waals surface area (Å²) in [5, 5.41) is 0. The minimum absolute atomic E-state index is 0.399. The van der Waals surface area contributed by atoms with Crippen LogP contribution in [-0.4, -0.2) is 22.4 Å². The summed E-state index contributed by atoms with van der Waals surface area (Å²) in [7, 11) is 0. The minimum Gasteiger partial charge on any atom is -0.334 e. The van der Waals surface area contributed by atoms with Crippen molar-refractivity contribution >= 4 is 5.91 Å². The Morgan fingerprint density at radius 2 is 2.45 bits per heavy atom. The molecule has 0 aromatic heterocycles. The van der Waals surface area contributed by atoms with Crippen LogP contribution in [0.3, 0.4) is 0 Å². The molecule has 2 saturated heterocycles. The molecule has 2 heterocycles. The Morgan fingerprint density at radius 3 is 3.18 bits per heavy atom. The van der Waals surface area contributed by atoms with Crippen molar-refractivity contribution < 1.29 is 4.79 Å². The van der Waals surface area contributed by atoms with E-state index in [1.54, 1.807) is 0 Å². The molecular formula is C9H13NO. The fraction of sp³-hybridized carbons (Fsp3) is 0.889. The van der Waals surface area contributed by atoms with E-state index in [-0.39, 0.29) is 0 Å². The van der Waals surface area contributed by atoms with Crippen LogP contribution >= 0.6 is 0 Å². The number of hydrogen-bond donors (Lipinski definition) is 0. The lowest BCUT2D eigenvalue weighted by molar-refractivity contribution is -0.130. The van der Waals surface area contributed by atoms with Crippen LogP contribution < -0.4 is 0 Å². The lowest BCUT2D eigenvalue weighted by atomic mass is 10.1. The minimum atomic E-state index is 0.399. The standard InChI is InChI=1S/C9H13NO/c1-6-4-7-5-9(7)3-2-8(11)10(6)9/h6-7H,2-5H2,1H3/t6-,7+,9-/m0/s1. The van der Waals surface area contributed by atoms with Crippen LogP contribution in [0.25, 0.3) is 0 Å². The maximum atomic E-state index is 11.4. The van der Waals surface area contributed by atoms with E-state index in [2.05, 4.69) is 11.8 Å². The van der Waals surface area contributed by atoms with Crippen LogP contribution in [0.4, 0.5) is 0 Å². The van der Waals surface area contributed by atoms with Gasteiger partial charge in [-0.2, -0.15) is 0 Å². The van der Waals surface area contributed by atoms with Crippen molar-refractivity contribution in [2.45, 2.75) is 44.2 Å². The molecule has 3 aliphatic rings. The van der Waals surface area contributed by atoms with E-state index in [4.69, 9.17) is 0 Å². The average Bonchev–Trinajstić information content (AvgIpc) is 2.35. The van der Waals surface area contributed by atoms with Crippen molar-refractivity contribution in [1.29, 1.82) is 0 Å². The second-order valence-corrected chi connectivity index (χ2v) is 4.35. The first-order valence-corrected chi connectivity index (χ1v) is 4.56. The van der Waals surface area contributed by atoms with Crippen LogP contribution in [0, 0.1) is 5.92 Å². The van der Waals surface area contributed by atoms with Gasteiger partial charge in [-0.05, 0) is 32.1 Å². The fourth-order valence-electron chi connectivity index (χ4n) is 3.29. The third kappa shape index (κ3) is 0.501. The number of amides is 1. The molecule has 2 heteroatoms. The summed E-state index contributed by atoms with van der Waals surface area (Å²) in [5.74, 6) is 1.29. The molecule has 0 unspecified atom stereocenters. The number of carbonyl (C=O) groups is 1. The Labute approximate surface area is 66.6 Å². The molecule has 3 atom stereocenters. The van der Waals surface area contributed by atoms with E-state index < -0.39 is 0 Å². The van der Waals surface area contributed by atoms with Gasteiger partial charge < -0.3 is 4.90 Å². The van der Waals surface area contributed by atoms with Gasteiger partial charge in [-0.25, -0.2) is 0 Å². The molecule has 0 radical (unpaired) electrons. The SMILES string of the molecule is C[C@H]1C[C@@H]2C[C@@]23CCC(=O)N13. The number of piperidine rings is 1. The summed E-state index contributed by atoms with van der Waals surface area (Å²) in [4.78, 5) is 13.6. The molecule has 0 bridgehead atoms. The van der Waals surface area contributed by atoms with Crippen LogP contribution in [-0.2, 0) is 4.79 Å². The first-order valence-electron chi connectivity index (χ1n) is 4.56. The Bertz CT molecular complexity index is 238. The maximum absolute atomic E-state index is 11.4. The topological polar surface area (TPSA) is 20.3 Å². The zero-order valence-electron chi connectivity index (χ0n) is 6.84. The van der Waals surface area contributed by atoms with Gasteiger partial charge >= 0.3 is 0 Å². The molecule has 2 nitrogen and oxygen atoms in total. The molecule has 0 N–H and O–H groups in total. The van der Waals surface area contributed by atoms with Crippen molar-refractivity contribution in [2.75, 3.05) is 0 Å². The van der Waals surface area contributed by atoms with Crippen molar-refractivity contribution in [2.24, 2.45) is 5.92 Å². The predicted octanol–water partition coefficient (Wildman–Crippen LogP) is 1.16. The van der Waals surface area contributed by atoms with Crippen LogP contribution in [0.15, 0.2) is 0 Å². The summed E-state index contributed by atoms with van der Waals surface area (Å²) >= 11 is 0. The molecule has 0 aromatic rings. The van der Waals surface area contributed by atoms with E-state index in [0.717, 1.165) is 18.8 Å². The molecule has 3 rings (SSSR count). The molecule has 1 amide bonds. The van der Waals surface area contributed by atoms with Crippen LogP contribution in [0.5, 0.6) is 0 Å². The highest BCUT2D eigenvalue weighted by Gasteiger charge is 2.67. The third-order valence-corrected chi connectivity index (χ3v) is 3.79. The number of nitrogens with zero attached hydrogens (tertiary/aromatic N) is 1. The van der Waals surface area contributed by atoms with Crippen LogP contribution in [0.1, 0.15) is 32.6 Å².